The maximum Gasteiger partial charge on any atom is 0.251 e. The van der Waals surface area contributed by atoms with E-state index in [-0.39, 0.29) is 60.9 Å². The minimum Gasteiger partial charge on any atom is -0.489 e. The van der Waals surface area contributed by atoms with E-state index < -0.39 is 35.4 Å². The number of rotatable bonds is 18. The minimum absolute atomic E-state index is 0.0131. The summed E-state index contributed by atoms with van der Waals surface area (Å²) in [5, 5.41) is 32.4. The summed E-state index contributed by atoms with van der Waals surface area (Å²) in [6.45, 7) is 16.7. The largest absolute Gasteiger partial charge is 0.489 e. The molecule has 4 aromatic rings. The number of nitrogens with zero attached hydrogens (tertiary/aromatic N) is 3. The number of hydrogen-bond acceptors (Lipinski definition) is 11. The molecule has 16 heteroatoms. The lowest BCUT2D eigenvalue weighted by molar-refractivity contribution is -0.164. The van der Waals surface area contributed by atoms with E-state index in [9.17, 15) is 29.5 Å². The number of carbonyl (C=O) groups is 4. The van der Waals surface area contributed by atoms with Gasteiger partial charge in [-0.1, -0.05) is 84.3 Å². The lowest BCUT2D eigenvalue weighted by Crippen LogP contribution is -2.74. The lowest BCUT2D eigenvalue weighted by Gasteiger charge is -2.63. The van der Waals surface area contributed by atoms with Crippen molar-refractivity contribution in [2.45, 2.75) is 112 Å². The number of nitrogens with one attached hydrogen (secondary N) is 4. The van der Waals surface area contributed by atoms with Crippen LogP contribution in [0.1, 0.15) is 94.9 Å². The normalized spacial score (nSPS) is 20.0. The Balaban J connectivity index is 0.896. The standard InChI is InChI=1S/C50H62ClN7O7S/c1-30-41(66-29-55-30)32-13-11-31(12-14-32)26-54-44(62)39-23-36(59)27-58(39)45(63)42(48(2,3)4)56-40(60)28-64-22-10-9-21-53-35-18-15-33(16-19-35)43(61)57-46-49(5,6)47(50(46,7)8)65-37-20-17-34(25-52)38(51)24-37/h11-20,24,29,36,39,42,46-47,53,59H,9-10,21-23,26-28H2,1-8H3,(H,54,62)(H,56,60)(H,57,61)/t36-,39+,42-,46?,47?/m1/s1. The highest BCUT2D eigenvalue weighted by atomic mass is 35.5. The molecule has 1 aliphatic carbocycles. The third kappa shape index (κ3) is 11.7. The third-order valence-corrected chi connectivity index (χ3v) is 13.9. The Labute approximate surface area is 396 Å². The first kappa shape index (κ1) is 49.9. The van der Waals surface area contributed by atoms with Gasteiger partial charge in [0, 0.05) is 66.9 Å². The molecule has 6 rings (SSSR count). The number of benzene rings is 3. The van der Waals surface area contributed by atoms with E-state index in [1.807, 2.05) is 69.6 Å². The van der Waals surface area contributed by atoms with Gasteiger partial charge in [0.25, 0.3) is 5.91 Å². The zero-order chi connectivity index (χ0) is 48.0. The molecule has 3 aromatic carbocycles. The fourth-order valence-electron chi connectivity index (χ4n) is 9.26. The van der Waals surface area contributed by atoms with Crippen molar-refractivity contribution in [1.29, 1.82) is 5.26 Å². The molecule has 0 spiro atoms. The smallest absolute Gasteiger partial charge is 0.251 e. The van der Waals surface area contributed by atoms with Crippen molar-refractivity contribution in [3.05, 3.63) is 99.6 Å². The second-order valence-corrected chi connectivity index (χ2v) is 20.8. The summed E-state index contributed by atoms with van der Waals surface area (Å²) in [6, 6.07) is 20.2. The molecule has 1 saturated heterocycles. The molecule has 5 N–H and O–H groups in total. The van der Waals surface area contributed by atoms with E-state index in [0.717, 1.165) is 33.8 Å². The van der Waals surface area contributed by atoms with Crippen LogP contribution in [0, 0.1) is 34.5 Å². The Kier molecular flexibility index (Phi) is 15.9. The van der Waals surface area contributed by atoms with E-state index in [0.29, 0.717) is 41.5 Å². The summed E-state index contributed by atoms with van der Waals surface area (Å²) in [7, 11) is 0. The molecular weight excluding hydrogens is 878 g/mol. The van der Waals surface area contributed by atoms with Gasteiger partial charge in [0.1, 0.15) is 36.6 Å². The van der Waals surface area contributed by atoms with Crippen LogP contribution in [0.2, 0.25) is 5.02 Å². The molecule has 4 amide bonds. The average Bonchev–Trinajstić information content (AvgIpc) is 3.89. The number of ether oxygens (including phenoxy) is 2. The molecule has 0 unspecified atom stereocenters. The fraction of sp³-hybridized carbons (Fsp3) is 0.480. The highest BCUT2D eigenvalue weighted by molar-refractivity contribution is 7.13. The zero-order valence-electron chi connectivity index (χ0n) is 39.0. The van der Waals surface area contributed by atoms with Gasteiger partial charge in [0.05, 0.1) is 32.8 Å². The summed E-state index contributed by atoms with van der Waals surface area (Å²) in [4.78, 5) is 60.6. The number of carbonyl (C=O) groups excluding carboxylic acids is 4. The second-order valence-electron chi connectivity index (χ2n) is 19.5. The van der Waals surface area contributed by atoms with E-state index in [2.05, 4.69) is 60.0 Å². The summed E-state index contributed by atoms with van der Waals surface area (Å²) in [6.07, 6.45) is 0.456. The Morgan fingerprint density at radius 2 is 1.71 bits per heavy atom. The monoisotopic (exact) mass is 939 g/mol. The lowest BCUT2D eigenvalue weighted by atomic mass is 9.49. The molecule has 3 atom stereocenters. The first-order valence-corrected chi connectivity index (χ1v) is 23.6. The van der Waals surface area contributed by atoms with Crippen LogP contribution in [0.3, 0.4) is 0 Å². The molecule has 2 fully saturated rings. The van der Waals surface area contributed by atoms with E-state index in [1.165, 1.54) is 4.90 Å². The number of aromatic nitrogens is 1. The topological polar surface area (TPSA) is 195 Å². The van der Waals surface area contributed by atoms with E-state index >= 15 is 0 Å². The van der Waals surface area contributed by atoms with Gasteiger partial charge in [-0.15, -0.1) is 11.3 Å². The number of unbranched alkanes of at least 4 members (excludes halogenated alkanes) is 1. The van der Waals surface area contributed by atoms with Crippen molar-refractivity contribution in [3.63, 3.8) is 0 Å². The second kappa shape index (κ2) is 21.0. The van der Waals surface area contributed by atoms with Gasteiger partial charge in [-0.2, -0.15) is 5.26 Å². The van der Waals surface area contributed by atoms with Crippen LogP contribution in [0.15, 0.2) is 72.2 Å². The SMILES string of the molecule is Cc1ncsc1-c1ccc(CNC(=O)[C@@H]2C[C@@H](O)CN2C(=O)[C@@H](NC(=O)COCCCCNc2ccc(C(=O)NC3C(C)(C)C(Oc4ccc(C#N)c(Cl)c4)C3(C)C)cc2)C(C)(C)C)cc1. The number of aliphatic hydroxyl groups is 1. The number of aryl methyl sites for hydroxylation is 1. The predicted octanol–water partition coefficient (Wildman–Crippen LogP) is 7.27. The van der Waals surface area contributed by atoms with Gasteiger partial charge in [-0.05, 0) is 72.7 Å². The number of hydrogen-bond donors (Lipinski definition) is 5. The maximum atomic E-state index is 14.0. The highest BCUT2D eigenvalue weighted by Crippen LogP contribution is 2.55. The van der Waals surface area contributed by atoms with Crippen molar-refractivity contribution in [1.82, 2.24) is 25.8 Å². The summed E-state index contributed by atoms with van der Waals surface area (Å²) in [5.74, 6) is -0.855. The van der Waals surface area contributed by atoms with Crippen LogP contribution >= 0.6 is 22.9 Å². The molecule has 2 aliphatic rings. The number of thiazole rings is 1. The van der Waals surface area contributed by atoms with Gasteiger partial charge in [0.2, 0.25) is 17.7 Å². The van der Waals surface area contributed by atoms with Crippen LogP contribution in [0.5, 0.6) is 5.75 Å². The van der Waals surface area contributed by atoms with Crippen LogP contribution in [-0.2, 0) is 25.7 Å². The number of halogens is 1. The van der Waals surface area contributed by atoms with Gasteiger partial charge < -0.3 is 40.7 Å². The first-order valence-electron chi connectivity index (χ1n) is 22.3. The van der Waals surface area contributed by atoms with Gasteiger partial charge in [-0.3, -0.25) is 19.2 Å². The molecule has 1 saturated carbocycles. The van der Waals surface area contributed by atoms with Gasteiger partial charge in [-0.25, -0.2) is 4.98 Å². The minimum atomic E-state index is -0.955. The summed E-state index contributed by atoms with van der Waals surface area (Å²) < 4.78 is 12.0. The molecule has 0 bridgehead atoms. The molecule has 66 heavy (non-hydrogen) atoms. The van der Waals surface area contributed by atoms with Crippen molar-refractivity contribution < 1.29 is 33.8 Å². The summed E-state index contributed by atoms with van der Waals surface area (Å²) >= 11 is 7.81. The highest BCUT2D eigenvalue weighted by Gasteiger charge is 2.64. The fourth-order valence-corrected chi connectivity index (χ4v) is 10.3. The molecule has 0 radical (unpaired) electrons. The number of likely N-dealkylation sites (tertiary alicyclic amines) is 1. The van der Waals surface area contributed by atoms with Crippen LogP contribution in [0.4, 0.5) is 5.69 Å². The Hall–Kier alpha value is -5.53. The van der Waals surface area contributed by atoms with Crippen molar-refractivity contribution >= 4 is 52.3 Å². The van der Waals surface area contributed by atoms with Crippen LogP contribution in [-0.4, -0.2) is 95.3 Å². The Morgan fingerprint density at radius 1 is 1.02 bits per heavy atom. The van der Waals surface area contributed by atoms with Crippen LogP contribution in [0.25, 0.3) is 10.4 Å². The number of β-amino-alcohol motifs (C(OH)–C–C–N with tert-alkyl or cyclic N) is 1. The summed E-state index contributed by atoms with van der Waals surface area (Å²) in [5.41, 5.74) is 5.04. The van der Waals surface area contributed by atoms with Crippen LogP contribution < -0.4 is 26.0 Å². The van der Waals surface area contributed by atoms with E-state index in [1.54, 1.807) is 41.7 Å². The molecule has 14 nitrogen and oxygen atoms in total. The predicted molar refractivity (Wildman–Crippen MR) is 256 cm³/mol. The first-order chi connectivity index (χ1) is 31.2. The Bertz CT molecular complexity index is 2390. The van der Waals surface area contributed by atoms with Crippen molar-refractivity contribution in [2.24, 2.45) is 16.2 Å². The van der Waals surface area contributed by atoms with Crippen molar-refractivity contribution in [3.8, 4) is 22.3 Å². The number of anilines is 1. The van der Waals surface area contributed by atoms with Gasteiger partial charge in [0.15, 0.2) is 0 Å². The van der Waals surface area contributed by atoms with Gasteiger partial charge >= 0.3 is 0 Å². The molecular formula is C50H62ClN7O7S. The number of amides is 4. The molecule has 352 valence electrons. The van der Waals surface area contributed by atoms with E-state index in [4.69, 9.17) is 21.1 Å². The zero-order valence-corrected chi connectivity index (χ0v) is 40.6. The number of nitriles is 1. The molecule has 1 aliphatic heterocycles. The Morgan fingerprint density at radius 3 is 2.33 bits per heavy atom. The molecule has 1 aromatic heterocycles. The average molecular weight is 941 g/mol. The number of aliphatic hydroxyl groups excluding tert-OH is 1. The quantitative estimate of drug-likeness (QED) is 0.0634. The third-order valence-electron chi connectivity index (χ3n) is 12.6. The van der Waals surface area contributed by atoms with Crippen molar-refractivity contribution in [2.75, 3.05) is 31.6 Å². The molecule has 2 heterocycles. The maximum absolute atomic E-state index is 14.0.